The molecule has 3 atom stereocenters. The number of rotatable bonds is 6. The summed E-state index contributed by atoms with van der Waals surface area (Å²) in [5.74, 6) is 1.74. The highest BCUT2D eigenvalue weighted by atomic mass is 35.5. The lowest BCUT2D eigenvalue weighted by Crippen LogP contribution is -2.51. The third-order valence-corrected chi connectivity index (χ3v) is 4.53. The predicted octanol–water partition coefficient (Wildman–Crippen LogP) is 2.99. The molecule has 3 unspecified atom stereocenters. The van der Waals surface area contributed by atoms with Crippen LogP contribution in [0.25, 0.3) is 11.5 Å². The summed E-state index contributed by atoms with van der Waals surface area (Å²) in [6, 6.07) is 4.42. The van der Waals surface area contributed by atoms with Crippen LogP contribution in [0.5, 0.6) is 0 Å². The van der Waals surface area contributed by atoms with Crippen molar-refractivity contribution in [2.75, 3.05) is 19.6 Å². The van der Waals surface area contributed by atoms with Crippen LogP contribution >= 0.6 is 12.4 Å². The van der Waals surface area contributed by atoms with E-state index in [4.69, 9.17) is 9.15 Å². The molecule has 2 aromatic rings. The van der Waals surface area contributed by atoms with Crippen molar-refractivity contribution >= 4 is 12.4 Å². The van der Waals surface area contributed by atoms with Gasteiger partial charge in [0.15, 0.2) is 5.76 Å². The maximum absolute atomic E-state index is 5.81. The molecule has 0 aliphatic carbocycles. The highest BCUT2D eigenvalue weighted by molar-refractivity contribution is 5.85. The van der Waals surface area contributed by atoms with Crippen molar-refractivity contribution in [3.05, 3.63) is 29.7 Å². The first kappa shape index (κ1) is 20.0. The van der Waals surface area contributed by atoms with Gasteiger partial charge in [0, 0.05) is 37.8 Å². The average molecular weight is 369 g/mol. The Labute approximate surface area is 155 Å². The zero-order chi connectivity index (χ0) is 17.1. The fourth-order valence-electron chi connectivity index (χ4n) is 3.35. The van der Waals surface area contributed by atoms with Gasteiger partial charge in [0.05, 0.1) is 18.4 Å². The van der Waals surface area contributed by atoms with Crippen LogP contribution in [0.2, 0.25) is 0 Å². The first-order chi connectivity index (χ1) is 11.5. The van der Waals surface area contributed by atoms with Gasteiger partial charge in [-0.1, -0.05) is 0 Å². The van der Waals surface area contributed by atoms with Gasteiger partial charge in [-0.2, -0.15) is 5.10 Å². The van der Waals surface area contributed by atoms with Gasteiger partial charge in [0.25, 0.3) is 0 Å². The molecule has 0 radical (unpaired) electrons. The van der Waals surface area contributed by atoms with Crippen molar-refractivity contribution in [1.82, 2.24) is 20.4 Å². The van der Waals surface area contributed by atoms with Crippen LogP contribution in [-0.2, 0) is 11.3 Å². The lowest BCUT2D eigenvalue weighted by Gasteiger charge is -2.39. The van der Waals surface area contributed by atoms with Crippen LogP contribution in [0.4, 0.5) is 0 Å². The van der Waals surface area contributed by atoms with Crippen LogP contribution in [0.1, 0.15) is 32.1 Å². The summed E-state index contributed by atoms with van der Waals surface area (Å²) in [6.45, 7) is 12.2. The molecule has 1 aliphatic heterocycles. The highest BCUT2D eigenvalue weighted by Crippen LogP contribution is 2.23. The predicted molar refractivity (Wildman–Crippen MR) is 101 cm³/mol. The standard InChI is InChI=1S/C18H28N4O2.ClH/c1-12(22-10-14(3)23-15(4)11-22)7-19-8-16-9-20-21-18(16)17-6-5-13(2)24-17;/h5-6,9,12,14-15,19H,7-8,10-11H2,1-4H3,(H,20,21);1H. The second kappa shape index (κ2) is 8.85. The summed E-state index contributed by atoms with van der Waals surface area (Å²) in [5.41, 5.74) is 2.08. The highest BCUT2D eigenvalue weighted by Gasteiger charge is 2.25. The first-order valence-electron chi connectivity index (χ1n) is 8.72. The van der Waals surface area contributed by atoms with Crippen LogP contribution in [0.3, 0.4) is 0 Å². The Balaban J connectivity index is 0.00000225. The average Bonchev–Trinajstić information content (AvgIpc) is 3.14. The van der Waals surface area contributed by atoms with Gasteiger partial charge in [0.2, 0.25) is 0 Å². The van der Waals surface area contributed by atoms with Crippen LogP contribution in [0.15, 0.2) is 22.7 Å². The number of aromatic nitrogens is 2. The Hall–Kier alpha value is -1.34. The molecule has 1 saturated heterocycles. The Morgan fingerprint density at radius 1 is 1.32 bits per heavy atom. The molecule has 0 bridgehead atoms. The van der Waals surface area contributed by atoms with Gasteiger partial charge >= 0.3 is 0 Å². The molecule has 1 fully saturated rings. The number of ether oxygens (including phenoxy) is 1. The summed E-state index contributed by atoms with van der Waals surface area (Å²) >= 11 is 0. The molecule has 3 rings (SSSR count). The van der Waals surface area contributed by atoms with Crippen molar-refractivity contribution in [3.8, 4) is 11.5 Å². The van der Waals surface area contributed by atoms with Gasteiger partial charge < -0.3 is 14.5 Å². The summed E-state index contributed by atoms with van der Waals surface area (Å²) < 4.78 is 11.5. The molecule has 0 saturated carbocycles. The molecule has 7 heteroatoms. The summed E-state index contributed by atoms with van der Waals surface area (Å²) in [4.78, 5) is 2.50. The molecular formula is C18H29ClN4O2. The molecule has 2 aromatic heterocycles. The Morgan fingerprint density at radius 3 is 2.68 bits per heavy atom. The van der Waals surface area contributed by atoms with Crippen LogP contribution < -0.4 is 5.32 Å². The normalized spacial score (nSPS) is 22.6. The number of halogens is 1. The van der Waals surface area contributed by atoms with E-state index in [-0.39, 0.29) is 12.4 Å². The number of nitrogens with one attached hydrogen (secondary N) is 2. The zero-order valence-electron chi connectivity index (χ0n) is 15.4. The summed E-state index contributed by atoms with van der Waals surface area (Å²) in [5, 5.41) is 10.7. The van der Waals surface area contributed by atoms with E-state index in [1.165, 1.54) is 0 Å². The number of aryl methyl sites for hydroxylation is 1. The topological polar surface area (TPSA) is 66.3 Å². The second-order valence-corrected chi connectivity index (χ2v) is 6.87. The molecule has 1 aliphatic rings. The molecule has 2 N–H and O–H groups in total. The zero-order valence-corrected chi connectivity index (χ0v) is 16.2. The van der Waals surface area contributed by atoms with Crippen molar-refractivity contribution in [3.63, 3.8) is 0 Å². The van der Waals surface area contributed by atoms with E-state index < -0.39 is 0 Å². The minimum absolute atomic E-state index is 0. The quantitative estimate of drug-likeness (QED) is 0.820. The van der Waals surface area contributed by atoms with Gasteiger partial charge in [0.1, 0.15) is 11.5 Å². The van der Waals surface area contributed by atoms with Crippen molar-refractivity contribution < 1.29 is 9.15 Å². The number of morpholine rings is 1. The second-order valence-electron chi connectivity index (χ2n) is 6.87. The number of nitrogens with zero attached hydrogens (tertiary/aromatic N) is 2. The Bertz CT molecular complexity index is 647. The van der Waals surface area contributed by atoms with Crippen molar-refractivity contribution in [2.24, 2.45) is 0 Å². The van der Waals surface area contributed by atoms with Gasteiger partial charge in [-0.25, -0.2) is 0 Å². The smallest absolute Gasteiger partial charge is 0.152 e. The lowest BCUT2D eigenvalue weighted by atomic mass is 10.1. The molecule has 0 aromatic carbocycles. The van der Waals surface area contributed by atoms with Gasteiger partial charge in [-0.15, -0.1) is 12.4 Å². The van der Waals surface area contributed by atoms with Crippen molar-refractivity contribution in [1.29, 1.82) is 0 Å². The maximum Gasteiger partial charge on any atom is 0.152 e. The molecule has 6 nitrogen and oxygen atoms in total. The minimum atomic E-state index is 0. The SMILES string of the molecule is Cc1ccc(-c2[nH]ncc2CNCC(C)N2CC(C)OC(C)C2)o1.Cl. The van der Waals surface area contributed by atoms with Gasteiger partial charge in [-0.3, -0.25) is 10.00 Å². The van der Waals surface area contributed by atoms with Crippen LogP contribution in [-0.4, -0.2) is 53.0 Å². The molecule has 0 spiro atoms. The minimum Gasteiger partial charge on any atom is -0.460 e. The van der Waals surface area contributed by atoms with Crippen molar-refractivity contribution in [2.45, 2.75) is 52.5 Å². The first-order valence-corrected chi connectivity index (χ1v) is 8.72. The molecule has 140 valence electrons. The van der Waals surface area contributed by atoms with Gasteiger partial charge in [-0.05, 0) is 39.8 Å². The largest absolute Gasteiger partial charge is 0.460 e. The summed E-state index contributed by atoms with van der Waals surface area (Å²) in [6.07, 6.45) is 2.47. The number of hydrogen-bond donors (Lipinski definition) is 2. The maximum atomic E-state index is 5.81. The van der Waals surface area contributed by atoms with E-state index >= 15 is 0 Å². The number of H-pyrrole nitrogens is 1. The molecule has 3 heterocycles. The van der Waals surface area contributed by atoms with E-state index in [9.17, 15) is 0 Å². The molecule has 0 amide bonds. The van der Waals surface area contributed by atoms with E-state index in [1.54, 1.807) is 0 Å². The summed E-state index contributed by atoms with van der Waals surface area (Å²) in [7, 11) is 0. The third-order valence-electron chi connectivity index (χ3n) is 4.53. The Kier molecular flexibility index (Phi) is 7.07. The lowest BCUT2D eigenvalue weighted by molar-refractivity contribution is -0.0781. The number of aromatic amines is 1. The fraction of sp³-hybridized carbons (Fsp3) is 0.611. The van der Waals surface area contributed by atoms with E-state index in [2.05, 4.69) is 41.2 Å². The van der Waals surface area contributed by atoms with Crippen LogP contribution in [0, 0.1) is 6.92 Å². The van der Waals surface area contributed by atoms with E-state index in [0.29, 0.717) is 18.2 Å². The molecular weight excluding hydrogens is 340 g/mol. The fourth-order valence-corrected chi connectivity index (χ4v) is 3.35. The third kappa shape index (κ3) is 5.07. The van der Waals surface area contributed by atoms with E-state index in [1.807, 2.05) is 25.3 Å². The number of hydrogen-bond acceptors (Lipinski definition) is 5. The monoisotopic (exact) mass is 368 g/mol. The van der Waals surface area contributed by atoms with E-state index in [0.717, 1.165) is 49.0 Å². The molecule has 25 heavy (non-hydrogen) atoms. The Morgan fingerprint density at radius 2 is 2.04 bits per heavy atom. The number of furan rings is 1.